The second-order valence-corrected chi connectivity index (χ2v) is 25.4. The highest BCUT2D eigenvalue weighted by atomic mass is 32.2. The maximum Gasteiger partial charge on any atom is 0.248 e. The monoisotopic (exact) mass is 1140 g/mol. The Bertz CT molecular complexity index is 3040. The van der Waals surface area contributed by atoms with Gasteiger partial charge in [-0.1, -0.05) is 69.3 Å². The molecule has 20 nitrogen and oxygen atoms in total. The number of methoxy groups -OCH3 is 1. The van der Waals surface area contributed by atoms with Gasteiger partial charge in [0.25, 0.3) is 0 Å². The van der Waals surface area contributed by atoms with Gasteiger partial charge in [-0.3, -0.25) is 24.1 Å². The molecule has 0 bridgehead atoms. The van der Waals surface area contributed by atoms with Crippen molar-refractivity contribution in [1.82, 2.24) is 45.3 Å². The van der Waals surface area contributed by atoms with Gasteiger partial charge in [0.2, 0.25) is 23.6 Å². The number of sulfone groups is 1. The van der Waals surface area contributed by atoms with Crippen LogP contribution in [-0.4, -0.2) is 181 Å². The number of aliphatic hydroxyl groups excluding tert-OH is 1. The van der Waals surface area contributed by atoms with Crippen LogP contribution in [0.3, 0.4) is 0 Å². The zero-order chi connectivity index (χ0) is 57.1. The second-order valence-electron chi connectivity index (χ2n) is 22.1. The van der Waals surface area contributed by atoms with E-state index in [0.29, 0.717) is 47.7 Å². The van der Waals surface area contributed by atoms with Gasteiger partial charge in [-0.05, 0) is 67.9 Å². The molecule has 5 aromatic rings. The lowest BCUT2D eigenvalue weighted by Crippen LogP contribution is -2.58. The number of carbonyl (C=O) groups is 4. The maximum atomic E-state index is 14.0. The third kappa shape index (κ3) is 15.1. The molecule has 80 heavy (non-hydrogen) atoms. The van der Waals surface area contributed by atoms with E-state index in [4.69, 9.17) is 19.2 Å². The summed E-state index contributed by atoms with van der Waals surface area (Å²) in [5.41, 5.74) is 6.60. The van der Waals surface area contributed by atoms with Crippen LogP contribution in [0.2, 0.25) is 0 Å². The molecule has 4 amide bonds. The highest BCUT2D eigenvalue weighted by molar-refractivity contribution is 7.92. The molecule has 8 rings (SSSR count). The van der Waals surface area contributed by atoms with E-state index in [1.54, 1.807) is 50.5 Å². The maximum absolute atomic E-state index is 14.0. The van der Waals surface area contributed by atoms with Crippen LogP contribution in [0, 0.1) is 12.3 Å². The van der Waals surface area contributed by atoms with E-state index in [-0.39, 0.29) is 64.2 Å². The first-order chi connectivity index (χ1) is 38.3. The molecule has 3 N–H and O–H groups in total. The van der Waals surface area contributed by atoms with Gasteiger partial charge < -0.3 is 44.7 Å². The SMILES string of the molecule is COc1cc(N2CCC(N3CCN(C(=O)COCCOCC(=O)N[C@H](C(=O)N4C[C@H](O)C[C@H]4C(=O)NCc4ccc(-c5scnc5C)cc4)C(C)(C)C)CC3)CC2)ccc1Cc1ncnc(Cc2ccccc2S(=O)(=O)C(C)C)n1. The summed E-state index contributed by atoms with van der Waals surface area (Å²) in [7, 11) is -1.83. The third-order valence-electron chi connectivity index (χ3n) is 15.1. The van der Waals surface area contributed by atoms with Crippen LogP contribution in [0.25, 0.3) is 10.4 Å². The lowest BCUT2D eigenvalue weighted by Gasteiger charge is -2.43. The van der Waals surface area contributed by atoms with Gasteiger partial charge in [0.15, 0.2) is 9.84 Å². The molecule has 430 valence electrons. The van der Waals surface area contributed by atoms with Crippen LogP contribution in [0.1, 0.15) is 87.9 Å². The van der Waals surface area contributed by atoms with Gasteiger partial charge in [0.05, 0.1) is 52.7 Å². The number of anilines is 1. The Morgan fingerprint density at radius 3 is 2.17 bits per heavy atom. The number of aryl methyl sites for hydroxylation is 1. The van der Waals surface area contributed by atoms with Crippen molar-refractivity contribution in [2.24, 2.45) is 5.41 Å². The molecule has 3 fully saturated rings. The standard InChI is InChI=1S/C58H76N10O10S2/c1-38(2)80(74,75)49-11-9-8-10-43(49)29-51-61-36-60-50(63-51)28-42-16-17-45(30-48(42)76-7)65-20-18-44(19-21-65)66-22-24-67(25-23-66)53(71)35-78-27-26-77-34-52(70)64-55(58(4,5)6)57(73)68-33-46(69)31-47(68)56(72)59-32-40-12-14-41(15-13-40)54-39(3)62-37-79-54/h8-17,30,36-38,44,46-47,55,69H,18-29,31-35H2,1-7H3,(H,59,72)(H,64,70)/t46-,47+,55-/m1/s1. The van der Waals surface area contributed by atoms with Crippen molar-refractivity contribution < 1.29 is 46.9 Å². The number of aromatic nitrogens is 4. The van der Waals surface area contributed by atoms with Gasteiger partial charge in [0, 0.05) is 95.0 Å². The number of hydrogen-bond acceptors (Lipinski definition) is 17. The average Bonchev–Trinajstić information content (AvgIpc) is 4.07. The number of rotatable bonds is 22. The van der Waals surface area contributed by atoms with Crippen molar-refractivity contribution in [2.75, 3.05) is 84.3 Å². The second kappa shape index (κ2) is 26.9. The predicted octanol–water partition coefficient (Wildman–Crippen LogP) is 4.63. The van der Waals surface area contributed by atoms with E-state index in [1.165, 1.54) is 11.2 Å². The van der Waals surface area contributed by atoms with Crippen molar-refractivity contribution in [3.63, 3.8) is 0 Å². The summed E-state index contributed by atoms with van der Waals surface area (Å²) in [6, 6.07) is 19.5. The smallest absolute Gasteiger partial charge is 0.248 e. The fourth-order valence-electron chi connectivity index (χ4n) is 10.5. The fraction of sp³-hybridized carbons (Fsp3) is 0.517. The van der Waals surface area contributed by atoms with E-state index >= 15 is 0 Å². The topological polar surface area (TPSA) is 239 Å². The number of carbonyl (C=O) groups excluding carboxylic acids is 4. The van der Waals surface area contributed by atoms with Crippen LogP contribution in [0.4, 0.5) is 5.69 Å². The zero-order valence-electron chi connectivity index (χ0n) is 46.9. The first kappa shape index (κ1) is 59.7. The van der Waals surface area contributed by atoms with E-state index in [9.17, 15) is 32.7 Å². The number of nitrogens with one attached hydrogen (secondary N) is 2. The quantitative estimate of drug-likeness (QED) is 0.0801. The van der Waals surface area contributed by atoms with Crippen molar-refractivity contribution in [1.29, 1.82) is 0 Å². The Morgan fingerprint density at radius 1 is 0.850 bits per heavy atom. The lowest BCUT2D eigenvalue weighted by atomic mass is 9.85. The Hall–Kier alpha value is -6.43. The van der Waals surface area contributed by atoms with E-state index in [0.717, 1.165) is 77.7 Å². The molecule has 0 spiro atoms. The van der Waals surface area contributed by atoms with Crippen LogP contribution in [0.15, 0.2) is 83.5 Å². The average molecular weight is 1140 g/mol. The van der Waals surface area contributed by atoms with Crippen LogP contribution >= 0.6 is 11.3 Å². The van der Waals surface area contributed by atoms with Gasteiger partial charge >= 0.3 is 0 Å². The number of ether oxygens (including phenoxy) is 3. The number of benzene rings is 3. The van der Waals surface area contributed by atoms with Crippen LogP contribution in [-0.2, 0) is 57.9 Å². The number of amides is 4. The number of β-amino-alcohol motifs (C(OH)–C–C–N with tert-alkyl or cyclic N) is 1. The fourth-order valence-corrected chi connectivity index (χ4v) is 12.6. The van der Waals surface area contributed by atoms with Crippen LogP contribution < -0.4 is 20.3 Å². The van der Waals surface area contributed by atoms with E-state index < -0.39 is 50.5 Å². The zero-order valence-corrected chi connectivity index (χ0v) is 48.6. The summed E-state index contributed by atoms with van der Waals surface area (Å²) < 4.78 is 43.2. The summed E-state index contributed by atoms with van der Waals surface area (Å²) in [4.78, 5) is 81.0. The Labute approximate surface area is 473 Å². The normalized spacial score (nSPS) is 17.9. The molecule has 5 heterocycles. The molecule has 0 radical (unpaired) electrons. The van der Waals surface area contributed by atoms with Crippen LogP contribution in [0.5, 0.6) is 5.75 Å². The molecule has 2 aromatic heterocycles. The molecule has 3 saturated heterocycles. The number of piperidine rings is 1. The minimum atomic E-state index is -3.48. The van der Waals surface area contributed by atoms with E-state index in [2.05, 4.69) is 47.5 Å². The third-order valence-corrected chi connectivity index (χ3v) is 18.3. The van der Waals surface area contributed by atoms with E-state index in [1.807, 2.05) is 74.5 Å². The molecule has 0 unspecified atom stereocenters. The molecular weight excluding hydrogens is 1060 g/mol. The minimum Gasteiger partial charge on any atom is -0.496 e. The number of aliphatic hydroxyl groups is 1. The van der Waals surface area contributed by atoms with Crippen molar-refractivity contribution in [3.05, 3.63) is 113 Å². The first-order valence-corrected chi connectivity index (χ1v) is 29.8. The molecule has 3 aromatic carbocycles. The first-order valence-electron chi connectivity index (χ1n) is 27.4. The largest absolute Gasteiger partial charge is 0.496 e. The van der Waals surface area contributed by atoms with Crippen molar-refractivity contribution in [2.45, 2.75) is 115 Å². The molecule has 3 aliphatic rings. The lowest BCUT2D eigenvalue weighted by molar-refractivity contribution is -0.144. The Morgan fingerprint density at radius 2 is 1.52 bits per heavy atom. The Balaban J connectivity index is 0.716. The molecule has 0 aliphatic carbocycles. The highest BCUT2D eigenvalue weighted by Crippen LogP contribution is 2.32. The number of nitrogens with zero attached hydrogens (tertiary/aromatic N) is 8. The summed E-state index contributed by atoms with van der Waals surface area (Å²) in [5, 5.41) is 15.8. The molecular formula is C58H76N10O10S2. The molecule has 3 aliphatic heterocycles. The number of likely N-dealkylation sites (tertiary alicyclic amines) is 1. The predicted molar refractivity (Wildman–Crippen MR) is 304 cm³/mol. The Kier molecular flexibility index (Phi) is 20.1. The minimum absolute atomic E-state index is 0.0360. The molecule has 3 atom stereocenters. The summed E-state index contributed by atoms with van der Waals surface area (Å²) in [6.45, 7) is 15.2. The van der Waals surface area contributed by atoms with Gasteiger partial charge in [-0.15, -0.1) is 11.3 Å². The summed E-state index contributed by atoms with van der Waals surface area (Å²) in [5.74, 6) is 0.309. The number of thiazole rings is 1. The number of hydrogen-bond donors (Lipinski definition) is 3. The van der Waals surface area contributed by atoms with Crippen molar-refractivity contribution >= 4 is 50.5 Å². The molecule has 22 heteroatoms. The van der Waals surface area contributed by atoms with Crippen molar-refractivity contribution in [3.8, 4) is 16.2 Å². The van der Waals surface area contributed by atoms with Gasteiger partial charge in [-0.25, -0.2) is 28.4 Å². The van der Waals surface area contributed by atoms with Gasteiger partial charge in [-0.2, -0.15) is 0 Å². The molecule has 0 saturated carbocycles. The summed E-state index contributed by atoms with van der Waals surface area (Å²) in [6.07, 6.45) is 3.30. The number of piperazine rings is 1. The summed E-state index contributed by atoms with van der Waals surface area (Å²) >= 11 is 1.57. The van der Waals surface area contributed by atoms with Gasteiger partial charge in [0.1, 0.15) is 49.0 Å². The highest BCUT2D eigenvalue weighted by Gasteiger charge is 2.44.